The third-order valence-corrected chi connectivity index (χ3v) is 4.62. The van der Waals surface area contributed by atoms with Crippen LogP contribution in [0.15, 0.2) is 48.5 Å². The fraction of sp³-hybridized carbons (Fsp3) is 0.435. The first kappa shape index (κ1) is 21.9. The van der Waals surface area contributed by atoms with Gasteiger partial charge in [-0.2, -0.15) is 0 Å². The van der Waals surface area contributed by atoms with E-state index < -0.39 is 30.0 Å². The van der Waals surface area contributed by atoms with Gasteiger partial charge >= 0.3 is 6.16 Å². The Kier molecular flexibility index (Phi) is 8.92. The molecule has 2 unspecified atom stereocenters. The number of benzene rings is 2. The van der Waals surface area contributed by atoms with Crippen LogP contribution in [0.3, 0.4) is 0 Å². The molecule has 2 atom stereocenters. The van der Waals surface area contributed by atoms with Crippen LogP contribution in [0, 0.1) is 11.6 Å². The minimum atomic E-state index is -0.909. The molecule has 2 aromatic rings. The molecule has 0 bridgehead atoms. The van der Waals surface area contributed by atoms with Crippen LogP contribution in [-0.4, -0.2) is 6.16 Å². The highest BCUT2D eigenvalue weighted by Crippen LogP contribution is 2.30. The summed E-state index contributed by atoms with van der Waals surface area (Å²) in [6.07, 6.45) is 1.93. The molecule has 0 aliphatic carbocycles. The van der Waals surface area contributed by atoms with Crippen molar-refractivity contribution in [2.75, 3.05) is 0 Å². The SMILES string of the molecule is CCCCC(OC(=O)OC(CCCC)c1ccccc1F)c1ccccc1F. The Morgan fingerprint density at radius 2 is 1.18 bits per heavy atom. The van der Waals surface area contributed by atoms with Crippen LogP contribution in [0.25, 0.3) is 0 Å². The van der Waals surface area contributed by atoms with Crippen molar-refractivity contribution in [3.8, 4) is 0 Å². The summed E-state index contributed by atoms with van der Waals surface area (Å²) in [5.41, 5.74) is 0.646. The molecule has 0 amide bonds. The minimum absolute atomic E-state index is 0.323. The number of carbonyl (C=O) groups excluding carboxylic acids is 1. The Morgan fingerprint density at radius 3 is 1.54 bits per heavy atom. The van der Waals surface area contributed by atoms with Crippen LogP contribution in [0.2, 0.25) is 0 Å². The molecule has 0 spiro atoms. The average Bonchev–Trinajstić information content (AvgIpc) is 2.69. The van der Waals surface area contributed by atoms with E-state index in [-0.39, 0.29) is 0 Å². The maximum Gasteiger partial charge on any atom is 0.509 e. The summed E-state index contributed by atoms with van der Waals surface area (Å²) >= 11 is 0. The lowest BCUT2D eigenvalue weighted by Gasteiger charge is -2.22. The van der Waals surface area contributed by atoms with Crippen LogP contribution in [0.1, 0.15) is 75.7 Å². The fourth-order valence-electron chi connectivity index (χ4n) is 3.07. The smallest absolute Gasteiger partial charge is 0.426 e. The van der Waals surface area contributed by atoms with Gasteiger partial charge in [-0.25, -0.2) is 13.6 Å². The Balaban J connectivity index is 2.14. The monoisotopic (exact) mass is 390 g/mol. The van der Waals surface area contributed by atoms with Gasteiger partial charge in [0.15, 0.2) is 0 Å². The van der Waals surface area contributed by atoms with Gasteiger partial charge in [0.05, 0.1) is 0 Å². The third kappa shape index (κ3) is 6.32. The average molecular weight is 390 g/mol. The third-order valence-electron chi connectivity index (χ3n) is 4.62. The molecule has 2 aromatic carbocycles. The van der Waals surface area contributed by atoms with E-state index in [1.54, 1.807) is 36.4 Å². The number of carbonyl (C=O) groups is 1. The Hall–Kier alpha value is -2.43. The summed E-state index contributed by atoms with van der Waals surface area (Å²) in [5, 5.41) is 0. The topological polar surface area (TPSA) is 35.5 Å². The van der Waals surface area contributed by atoms with Crippen LogP contribution >= 0.6 is 0 Å². The van der Waals surface area contributed by atoms with E-state index in [2.05, 4.69) is 0 Å². The van der Waals surface area contributed by atoms with Gasteiger partial charge in [0.2, 0.25) is 0 Å². The molecule has 0 aromatic heterocycles. The van der Waals surface area contributed by atoms with Crippen molar-refractivity contribution in [1.82, 2.24) is 0 Å². The van der Waals surface area contributed by atoms with E-state index in [0.29, 0.717) is 24.0 Å². The van der Waals surface area contributed by atoms with Crippen molar-refractivity contribution < 1.29 is 23.0 Å². The quantitative estimate of drug-likeness (QED) is 0.400. The van der Waals surface area contributed by atoms with Crippen LogP contribution in [0.5, 0.6) is 0 Å². The highest BCUT2D eigenvalue weighted by Gasteiger charge is 2.25. The lowest BCUT2D eigenvalue weighted by atomic mass is 10.0. The predicted octanol–water partition coefficient (Wildman–Crippen LogP) is 7.28. The second-order valence-electron chi connectivity index (χ2n) is 6.79. The van der Waals surface area contributed by atoms with Gasteiger partial charge < -0.3 is 9.47 Å². The highest BCUT2D eigenvalue weighted by atomic mass is 19.1. The van der Waals surface area contributed by atoms with Gasteiger partial charge in [-0.1, -0.05) is 63.1 Å². The number of hydrogen-bond donors (Lipinski definition) is 0. The molecule has 0 radical (unpaired) electrons. The first-order valence-corrected chi connectivity index (χ1v) is 9.92. The summed E-state index contributed by atoms with van der Waals surface area (Å²) in [6.45, 7) is 4.02. The van der Waals surface area contributed by atoms with Crippen LogP contribution < -0.4 is 0 Å². The standard InChI is InChI=1S/C23H28F2O3/c1-3-5-15-21(17-11-7-9-13-19(17)24)27-23(26)28-22(16-6-4-2)18-12-8-10-14-20(18)25/h7-14,21-22H,3-6,15-16H2,1-2H3. The molecule has 5 heteroatoms. The summed E-state index contributed by atoms with van der Waals surface area (Å²) in [4.78, 5) is 12.5. The Labute approximate surface area is 165 Å². The fourth-order valence-corrected chi connectivity index (χ4v) is 3.07. The molecule has 0 saturated heterocycles. The van der Waals surface area contributed by atoms with Gasteiger partial charge in [-0.3, -0.25) is 0 Å². The van der Waals surface area contributed by atoms with E-state index >= 15 is 0 Å². The van der Waals surface area contributed by atoms with E-state index in [1.807, 2.05) is 13.8 Å². The van der Waals surface area contributed by atoms with Crippen molar-refractivity contribution >= 4 is 6.16 Å². The molecule has 0 heterocycles. The predicted molar refractivity (Wildman–Crippen MR) is 105 cm³/mol. The largest absolute Gasteiger partial charge is 0.509 e. The molecule has 28 heavy (non-hydrogen) atoms. The molecule has 2 rings (SSSR count). The molecule has 0 N–H and O–H groups in total. The lowest BCUT2D eigenvalue weighted by molar-refractivity contribution is -0.0100. The van der Waals surface area contributed by atoms with E-state index in [1.165, 1.54) is 12.1 Å². The number of halogens is 2. The summed E-state index contributed by atoms with van der Waals surface area (Å²) < 4.78 is 39.3. The minimum Gasteiger partial charge on any atom is -0.426 e. The number of hydrogen-bond acceptors (Lipinski definition) is 3. The van der Waals surface area contributed by atoms with Crippen molar-refractivity contribution in [2.24, 2.45) is 0 Å². The molecule has 0 aliphatic heterocycles. The number of rotatable bonds is 10. The molecule has 0 aliphatic rings. The van der Waals surface area contributed by atoms with Gasteiger partial charge in [0.25, 0.3) is 0 Å². The molecular weight excluding hydrogens is 362 g/mol. The zero-order valence-corrected chi connectivity index (χ0v) is 16.5. The summed E-state index contributed by atoms with van der Waals surface area (Å²) in [7, 11) is 0. The maximum absolute atomic E-state index is 14.2. The normalized spacial score (nSPS) is 13.0. The maximum atomic E-state index is 14.2. The lowest BCUT2D eigenvalue weighted by Crippen LogP contribution is -2.18. The van der Waals surface area contributed by atoms with Gasteiger partial charge in [0, 0.05) is 11.1 Å². The van der Waals surface area contributed by atoms with Gasteiger partial charge in [-0.05, 0) is 37.8 Å². The van der Waals surface area contributed by atoms with E-state index in [0.717, 1.165) is 25.7 Å². The Morgan fingerprint density at radius 1 is 0.786 bits per heavy atom. The second-order valence-corrected chi connectivity index (χ2v) is 6.79. The molecule has 0 fully saturated rings. The zero-order chi connectivity index (χ0) is 20.4. The van der Waals surface area contributed by atoms with Crippen molar-refractivity contribution in [3.05, 3.63) is 71.3 Å². The summed E-state index contributed by atoms with van der Waals surface area (Å²) in [5.74, 6) is -0.846. The zero-order valence-electron chi connectivity index (χ0n) is 16.5. The summed E-state index contributed by atoms with van der Waals surface area (Å²) in [6, 6.07) is 12.5. The first-order valence-electron chi connectivity index (χ1n) is 9.92. The number of unbranched alkanes of at least 4 members (excludes halogenated alkanes) is 2. The second kappa shape index (κ2) is 11.4. The van der Waals surface area contributed by atoms with Crippen LogP contribution in [0.4, 0.5) is 13.6 Å². The molecular formula is C23H28F2O3. The first-order chi connectivity index (χ1) is 13.6. The van der Waals surface area contributed by atoms with Crippen molar-refractivity contribution in [2.45, 2.75) is 64.6 Å². The van der Waals surface area contributed by atoms with E-state index in [9.17, 15) is 13.6 Å². The Bertz CT molecular complexity index is 687. The van der Waals surface area contributed by atoms with Gasteiger partial charge in [-0.15, -0.1) is 0 Å². The van der Waals surface area contributed by atoms with Crippen molar-refractivity contribution in [1.29, 1.82) is 0 Å². The molecule has 0 saturated carbocycles. The van der Waals surface area contributed by atoms with Crippen LogP contribution in [-0.2, 0) is 9.47 Å². The number of ether oxygens (including phenoxy) is 2. The van der Waals surface area contributed by atoms with Crippen molar-refractivity contribution in [3.63, 3.8) is 0 Å². The van der Waals surface area contributed by atoms with Gasteiger partial charge in [0.1, 0.15) is 23.8 Å². The molecule has 152 valence electrons. The molecule has 3 nitrogen and oxygen atoms in total. The van der Waals surface area contributed by atoms with E-state index in [4.69, 9.17) is 9.47 Å². The highest BCUT2D eigenvalue weighted by molar-refractivity contribution is 5.61.